The van der Waals surface area contributed by atoms with Gasteiger partial charge in [-0.25, -0.2) is 13.8 Å². The molecule has 0 aliphatic carbocycles. The second-order valence-electron chi connectivity index (χ2n) is 9.01. The fourth-order valence-corrected chi connectivity index (χ4v) is 3.79. The molecule has 10 heteroatoms. The van der Waals surface area contributed by atoms with Crippen molar-refractivity contribution in [2.75, 3.05) is 11.9 Å². The van der Waals surface area contributed by atoms with Crippen LogP contribution in [-0.2, 0) is 10.2 Å². The summed E-state index contributed by atoms with van der Waals surface area (Å²) in [6.07, 6.45) is 0. The highest BCUT2D eigenvalue weighted by Crippen LogP contribution is 2.32. The number of fused-ring (bicyclic) bond motifs is 1. The summed E-state index contributed by atoms with van der Waals surface area (Å²) >= 11 is 11.2. The van der Waals surface area contributed by atoms with Crippen LogP contribution in [0.2, 0.25) is 5.02 Å². The zero-order chi connectivity index (χ0) is 26.0. The molecule has 36 heavy (non-hydrogen) atoms. The lowest BCUT2D eigenvalue weighted by atomic mass is 9.87. The Morgan fingerprint density at radius 2 is 1.78 bits per heavy atom. The Bertz CT molecular complexity index is 1450. The number of amides is 1. The Balaban J connectivity index is 1.36. The van der Waals surface area contributed by atoms with E-state index in [0.717, 1.165) is 17.7 Å². The van der Waals surface area contributed by atoms with Crippen molar-refractivity contribution in [3.05, 3.63) is 76.8 Å². The van der Waals surface area contributed by atoms with Gasteiger partial charge in [-0.15, -0.1) is 0 Å². The first-order chi connectivity index (χ1) is 17.0. The zero-order valence-electron chi connectivity index (χ0n) is 19.6. The number of nitrogens with one attached hydrogen (secondary N) is 2. The molecule has 0 saturated heterocycles. The molecule has 6 nitrogen and oxygen atoms in total. The number of oxazole rings is 1. The van der Waals surface area contributed by atoms with Gasteiger partial charge in [0.2, 0.25) is 5.89 Å². The molecular formula is C26H22ClF2N3O3S. The van der Waals surface area contributed by atoms with Crippen LogP contribution in [-0.4, -0.2) is 22.6 Å². The van der Waals surface area contributed by atoms with Crippen molar-refractivity contribution in [2.24, 2.45) is 0 Å². The molecule has 1 heterocycles. The lowest BCUT2D eigenvalue weighted by Crippen LogP contribution is -2.37. The highest BCUT2D eigenvalue weighted by molar-refractivity contribution is 7.80. The van der Waals surface area contributed by atoms with Gasteiger partial charge in [-0.2, -0.15) is 0 Å². The fourth-order valence-electron chi connectivity index (χ4n) is 3.33. The summed E-state index contributed by atoms with van der Waals surface area (Å²) in [7, 11) is 0. The van der Waals surface area contributed by atoms with Gasteiger partial charge < -0.3 is 14.5 Å². The molecule has 0 fully saturated rings. The van der Waals surface area contributed by atoms with Crippen LogP contribution in [0.3, 0.4) is 0 Å². The Hall–Kier alpha value is -3.56. The van der Waals surface area contributed by atoms with Crippen molar-refractivity contribution in [2.45, 2.75) is 26.2 Å². The minimum Gasteiger partial charge on any atom is -0.484 e. The average Bonchev–Trinajstić information content (AvgIpc) is 3.23. The van der Waals surface area contributed by atoms with E-state index in [9.17, 15) is 13.6 Å². The van der Waals surface area contributed by atoms with Crippen LogP contribution in [0.15, 0.2) is 59.0 Å². The number of anilines is 1. The molecule has 0 unspecified atom stereocenters. The van der Waals surface area contributed by atoms with E-state index in [1.54, 1.807) is 18.2 Å². The Labute approximate surface area is 216 Å². The van der Waals surface area contributed by atoms with Crippen LogP contribution >= 0.6 is 23.8 Å². The van der Waals surface area contributed by atoms with Gasteiger partial charge in [0, 0.05) is 5.69 Å². The van der Waals surface area contributed by atoms with Crippen molar-refractivity contribution >= 4 is 51.6 Å². The summed E-state index contributed by atoms with van der Waals surface area (Å²) in [5.74, 6) is -1.94. The maximum atomic E-state index is 13.7. The molecule has 0 atom stereocenters. The lowest BCUT2D eigenvalue weighted by Gasteiger charge is -2.19. The molecule has 4 aromatic rings. The minimum atomic E-state index is -1.06. The quantitative estimate of drug-likeness (QED) is 0.224. The number of thiocarbonyl (C=S) groups is 1. The summed E-state index contributed by atoms with van der Waals surface area (Å²) < 4.78 is 38.2. The largest absolute Gasteiger partial charge is 0.484 e. The van der Waals surface area contributed by atoms with Crippen molar-refractivity contribution < 1.29 is 22.7 Å². The summed E-state index contributed by atoms with van der Waals surface area (Å²) in [5.41, 5.74) is 2.66. The van der Waals surface area contributed by atoms with E-state index in [4.69, 9.17) is 33.0 Å². The molecule has 1 amide bonds. The summed E-state index contributed by atoms with van der Waals surface area (Å²) in [6, 6.07) is 14.3. The van der Waals surface area contributed by atoms with Crippen LogP contribution < -0.4 is 15.4 Å². The number of aromatic nitrogens is 1. The molecule has 0 bridgehead atoms. The molecule has 3 aromatic carbocycles. The molecule has 2 N–H and O–H groups in total. The maximum absolute atomic E-state index is 13.7. The molecule has 186 valence electrons. The van der Waals surface area contributed by atoms with E-state index < -0.39 is 17.5 Å². The second-order valence-corrected chi connectivity index (χ2v) is 9.83. The Kier molecular flexibility index (Phi) is 7.23. The normalized spacial score (nSPS) is 11.4. The summed E-state index contributed by atoms with van der Waals surface area (Å²) in [4.78, 5) is 16.5. The zero-order valence-corrected chi connectivity index (χ0v) is 21.2. The number of rotatable bonds is 5. The van der Waals surface area contributed by atoms with Gasteiger partial charge in [0.25, 0.3) is 5.91 Å². The highest BCUT2D eigenvalue weighted by atomic mass is 35.5. The number of benzene rings is 3. The van der Waals surface area contributed by atoms with E-state index in [2.05, 4.69) is 36.4 Å². The minimum absolute atomic E-state index is 0.0241. The number of carbonyl (C=O) groups is 1. The third-order valence-electron chi connectivity index (χ3n) is 5.23. The topological polar surface area (TPSA) is 76.4 Å². The van der Waals surface area contributed by atoms with Gasteiger partial charge in [0.15, 0.2) is 28.9 Å². The molecule has 0 spiro atoms. The number of carbonyl (C=O) groups excluding carboxylic acids is 1. The molecule has 1 aromatic heterocycles. The number of ether oxygens (including phenoxy) is 1. The van der Waals surface area contributed by atoms with E-state index in [1.807, 2.05) is 24.3 Å². The molecule has 4 rings (SSSR count). The molecule has 0 saturated carbocycles. The van der Waals surface area contributed by atoms with Crippen molar-refractivity contribution in [1.29, 1.82) is 0 Å². The Morgan fingerprint density at radius 1 is 1.08 bits per heavy atom. The van der Waals surface area contributed by atoms with Crippen LogP contribution in [0.4, 0.5) is 14.5 Å². The number of halogens is 3. The third kappa shape index (κ3) is 5.98. The van der Waals surface area contributed by atoms with Gasteiger partial charge >= 0.3 is 0 Å². The molecule has 0 aliphatic rings. The third-order valence-corrected chi connectivity index (χ3v) is 5.75. The first-order valence-electron chi connectivity index (χ1n) is 10.9. The first kappa shape index (κ1) is 25.5. The van der Waals surface area contributed by atoms with Crippen LogP contribution in [0, 0.1) is 11.6 Å². The van der Waals surface area contributed by atoms with E-state index in [0.29, 0.717) is 22.5 Å². The van der Waals surface area contributed by atoms with Gasteiger partial charge in [0.05, 0.1) is 10.6 Å². The lowest BCUT2D eigenvalue weighted by molar-refractivity contribution is -0.121. The van der Waals surface area contributed by atoms with Gasteiger partial charge in [-0.05, 0) is 65.7 Å². The monoisotopic (exact) mass is 529 g/mol. The summed E-state index contributed by atoms with van der Waals surface area (Å²) in [6.45, 7) is 6.14. The number of hydrogen-bond donors (Lipinski definition) is 2. The molecule has 0 radical (unpaired) electrons. The van der Waals surface area contributed by atoms with Gasteiger partial charge in [-0.3, -0.25) is 10.1 Å². The first-order valence-corrected chi connectivity index (χ1v) is 11.7. The van der Waals surface area contributed by atoms with Crippen LogP contribution in [0.5, 0.6) is 5.75 Å². The average molecular weight is 530 g/mol. The predicted molar refractivity (Wildman–Crippen MR) is 139 cm³/mol. The Morgan fingerprint density at radius 3 is 2.47 bits per heavy atom. The number of nitrogens with zero attached hydrogens (tertiary/aromatic N) is 1. The van der Waals surface area contributed by atoms with Gasteiger partial charge in [0.1, 0.15) is 11.3 Å². The van der Waals surface area contributed by atoms with Crippen molar-refractivity contribution in [3.63, 3.8) is 0 Å². The van der Waals surface area contributed by atoms with E-state index >= 15 is 0 Å². The van der Waals surface area contributed by atoms with E-state index in [-0.39, 0.29) is 33.6 Å². The maximum Gasteiger partial charge on any atom is 0.264 e. The fraction of sp³-hybridized carbons (Fsp3) is 0.192. The van der Waals surface area contributed by atoms with Crippen LogP contribution in [0.1, 0.15) is 26.3 Å². The second kappa shape index (κ2) is 10.2. The standard InChI is InChI=1S/C26H22ClF2N3O3S/c1-26(2,3)14-4-7-16(8-5-14)34-13-23(33)32-25(36)30-15-6-9-22-21(10-15)31-24(35-22)17-11-19(28)20(29)12-18(17)27/h4-12H,13H2,1-3H3,(H2,30,32,33,36). The number of hydrogen-bond acceptors (Lipinski definition) is 5. The smallest absolute Gasteiger partial charge is 0.264 e. The van der Waals surface area contributed by atoms with Crippen molar-refractivity contribution in [3.8, 4) is 17.2 Å². The summed E-state index contributed by atoms with van der Waals surface area (Å²) in [5, 5.41) is 5.48. The highest BCUT2D eigenvalue weighted by Gasteiger charge is 2.17. The molecule has 0 aliphatic heterocycles. The van der Waals surface area contributed by atoms with Crippen LogP contribution in [0.25, 0.3) is 22.6 Å². The molecular weight excluding hydrogens is 508 g/mol. The van der Waals surface area contributed by atoms with Gasteiger partial charge in [-0.1, -0.05) is 44.5 Å². The SMILES string of the molecule is CC(C)(C)c1ccc(OCC(=O)NC(=S)Nc2ccc3oc(-c4cc(F)c(F)cc4Cl)nc3c2)cc1. The van der Waals surface area contributed by atoms with Crippen molar-refractivity contribution in [1.82, 2.24) is 10.3 Å². The van der Waals surface area contributed by atoms with E-state index in [1.165, 1.54) is 0 Å². The predicted octanol–water partition coefficient (Wildman–Crippen LogP) is 6.62.